The number of hydrogen-bond acceptors (Lipinski definition) is 4. The first-order valence-electron chi connectivity index (χ1n) is 6.04. The molecule has 0 aliphatic rings. The molecule has 0 amide bonds. The summed E-state index contributed by atoms with van der Waals surface area (Å²) in [6.45, 7) is 4.34. The van der Waals surface area contributed by atoms with Crippen LogP contribution in [0.1, 0.15) is 25.3 Å². The third-order valence-corrected chi connectivity index (χ3v) is 4.04. The van der Waals surface area contributed by atoms with Crippen LogP contribution in [-0.4, -0.2) is 25.4 Å². The van der Waals surface area contributed by atoms with Crippen LogP contribution < -0.4 is 4.74 Å². The quantitative estimate of drug-likeness (QED) is 0.411. The number of hydrogen-bond donors (Lipinski definition) is 0. The van der Waals surface area contributed by atoms with Crippen LogP contribution in [0.2, 0.25) is 0 Å². The third kappa shape index (κ3) is 4.35. The molecule has 0 unspecified atom stereocenters. The summed E-state index contributed by atoms with van der Waals surface area (Å²) in [6.07, 6.45) is 2.51. The van der Waals surface area contributed by atoms with E-state index >= 15 is 0 Å². The van der Waals surface area contributed by atoms with Crippen molar-refractivity contribution in [1.29, 1.82) is 0 Å². The Hall–Kier alpha value is -1.00. The first-order valence-corrected chi connectivity index (χ1v) is 6.92. The number of benzene rings is 1. The van der Waals surface area contributed by atoms with Crippen LogP contribution in [-0.2, 0) is 9.53 Å². The smallest absolute Gasteiger partial charge is 0.188 e. The summed E-state index contributed by atoms with van der Waals surface area (Å²) in [5.74, 6) is 0.855. The van der Waals surface area contributed by atoms with Crippen molar-refractivity contribution in [3.05, 3.63) is 23.8 Å². The monoisotopic (exact) mass is 268 g/mol. The van der Waals surface area contributed by atoms with Crippen molar-refractivity contribution in [2.75, 3.05) is 13.9 Å². The molecule has 1 rings (SSSR count). The summed E-state index contributed by atoms with van der Waals surface area (Å²) in [6, 6.07) is 6.04. The molecule has 0 heterocycles. The Morgan fingerprint density at radius 2 is 2.22 bits per heavy atom. The van der Waals surface area contributed by atoms with Gasteiger partial charge in [-0.25, -0.2) is 0 Å². The molecule has 0 bridgehead atoms. The van der Waals surface area contributed by atoms with Crippen molar-refractivity contribution in [3.63, 3.8) is 0 Å². The van der Waals surface area contributed by atoms with Crippen molar-refractivity contribution < 1.29 is 14.3 Å². The van der Waals surface area contributed by atoms with Crippen LogP contribution in [0, 0.1) is 6.92 Å². The SMILES string of the molecule is CC[C@@H](CC=O)Sc1cccc(C)c1OCOC. The van der Waals surface area contributed by atoms with Gasteiger partial charge in [0.15, 0.2) is 6.79 Å². The van der Waals surface area contributed by atoms with E-state index in [0.29, 0.717) is 11.7 Å². The van der Waals surface area contributed by atoms with Crippen molar-refractivity contribution >= 4 is 18.0 Å². The Balaban J connectivity index is 2.85. The first-order chi connectivity index (χ1) is 8.72. The highest BCUT2D eigenvalue weighted by atomic mass is 32.2. The molecule has 0 N–H and O–H groups in total. The maximum atomic E-state index is 10.6. The van der Waals surface area contributed by atoms with E-state index < -0.39 is 0 Å². The fourth-order valence-corrected chi connectivity index (χ4v) is 2.79. The summed E-state index contributed by atoms with van der Waals surface area (Å²) in [4.78, 5) is 11.7. The molecule has 18 heavy (non-hydrogen) atoms. The van der Waals surface area contributed by atoms with Gasteiger partial charge >= 0.3 is 0 Å². The molecular weight excluding hydrogens is 248 g/mol. The molecule has 0 spiro atoms. The van der Waals surface area contributed by atoms with E-state index in [0.717, 1.165) is 28.9 Å². The first kappa shape index (κ1) is 15.1. The fraction of sp³-hybridized carbons (Fsp3) is 0.500. The predicted octanol–water partition coefficient (Wildman–Crippen LogP) is 3.44. The summed E-state index contributed by atoms with van der Waals surface area (Å²) in [7, 11) is 1.60. The fourth-order valence-electron chi connectivity index (χ4n) is 1.61. The highest BCUT2D eigenvalue weighted by Gasteiger charge is 2.13. The van der Waals surface area contributed by atoms with E-state index in [1.807, 2.05) is 25.1 Å². The van der Waals surface area contributed by atoms with Crippen molar-refractivity contribution in [1.82, 2.24) is 0 Å². The van der Waals surface area contributed by atoms with E-state index in [4.69, 9.17) is 9.47 Å². The van der Waals surface area contributed by atoms with Gasteiger partial charge in [0.1, 0.15) is 12.0 Å². The standard InChI is InChI=1S/C14H20O3S/c1-4-12(8-9-15)18-13-7-5-6-11(2)14(13)17-10-16-3/h5-7,9,12H,4,8,10H2,1-3H3/t12-/m0/s1. The number of aryl methyl sites for hydroxylation is 1. The molecule has 0 fully saturated rings. The van der Waals surface area contributed by atoms with E-state index in [-0.39, 0.29) is 6.79 Å². The maximum Gasteiger partial charge on any atom is 0.188 e. The summed E-state index contributed by atoms with van der Waals surface area (Å²) < 4.78 is 10.6. The van der Waals surface area contributed by atoms with Gasteiger partial charge in [-0.3, -0.25) is 0 Å². The number of aldehydes is 1. The largest absolute Gasteiger partial charge is 0.466 e. The average Bonchev–Trinajstić information content (AvgIpc) is 2.37. The maximum absolute atomic E-state index is 10.6. The number of rotatable bonds is 8. The molecule has 1 aromatic rings. The molecule has 100 valence electrons. The number of ether oxygens (including phenoxy) is 2. The predicted molar refractivity (Wildman–Crippen MR) is 74.3 cm³/mol. The minimum absolute atomic E-state index is 0.239. The lowest BCUT2D eigenvalue weighted by molar-refractivity contribution is -0.107. The molecule has 0 saturated carbocycles. The van der Waals surface area contributed by atoms with Gasteiger partial charge in [0.05, 0.1) is 4.90 Å². The second-order valence-electron chi connectivity index (χ2n) is 4.00. The van der Waals surface area contributed by atoms with Crippen molar-refractivity contribution in [3.8, 4) is 5.75 Å². The topological polar surface area (TPSA) is 35.5 Å². The van der Waals surface area contributed by atoms with Gasteiger partial charge in [0, 0.05) is 18.8 Å². The lowest BCUT2D eigenvalue weighted by Gasteiger charge is -2.16. The number of thioether (sulfide) groups is 1. The number of carbonyl (C=O) groups is 1. The van der Waals surface area contributed by atoms with Gasteiger partial charge in [0.25, 0.3) is 0 Å². The zero-order chi connectivity index (χ0) is 13.4. The molecule has 0 radical (unpaired) electrons. The normalized spacial score (nSPS) is 12.2. The van der Waals surface area contributed by atoms with E-state index in [9.17, 15) is 4.79 Å². The second kappa shape index (κ2) is 8.16. The Kier molecular flexibility index (Phi) is 6.83. The highest BCUT2D eigenvalue weighted by molar-refractivity contribution is 8.00. The summed E-state index contributed by atoms with van der Waals surface area (Å²) in [5, 5.41) is 0.300. The minimum Gasteiger partial charge on any atom is -0.466 e. The molecule has 1 aromatic carbocycles. The van der Waals surface area contributed by atoms with E-state index in [1.165, 1.54) is 0 Å². The Morgan fingerprint density at radius 1 is 1.44 bits per heavy atom. The Bertz CT molecular complexity index is 379. The van der Waals surface area contributed by atoms with Gasteiger partial charge in [-0.05, 0) is 25.0 Å². The number of para-hydroxylation sites is 1. The van der Waals surface area contributed by atoms with Crippen LogP contribution in [0.3, 0.4) is 0 Å². The van der Waals surface area contributed by atoms with Gasteiger partial charge in [-0.1, -0.05) is 19.1 Å². The van der Waals surface area contributed by atoms with Gasteiger partial charge in [-0.15, -0.1) is 11.8 Å². The molecule has 0 saturated heterocycles. The van der Waals surface area contributed by atoms with Crippen LogP contribution in [0.4, 0.5) is 0 Å². The number of carbonyl (C=O) groups excluding carboxylic acids is 1. The zero-order valence-corrected chi connectivity index (χ0v) is 12.0. The van der Waals surface area contributed by atoms with Crippen LogP contribution >= 0.6 is 11.8 Å². The lowest BCUT2D eigenvalue weighted by Crippen LogP contribution is -2.05. The molecule has 0 aliphatic heterocycles. The minimum atomic E-state index is 0.239. The zero-order valence-electron chi connectivity index (χ0n) is 11.1. The highest BCUT2D eigenvalue weighted by Crippen LogP contribution is 2.36. The lowest BCUT2D eigenvalue weighted by atomic mass is 10.2. The van der Waals surface area contributed by atoms with E-state index in [1.54, 1.807) is 18.9 Å². The van der Waals surface area contributed by atoms with Crippen molar-refractivity contribution in [2.45, 2.75) is 36.8 Å². The molecule has 0 aromatic heterocycles. The number of methoxy groups -OCH3 is 1. The Morgan fingerprint density at radius 3 is 2.83 bits per heavy atom. The van der Waals surface area contributed by atoms with Gasteiger partial charge in [0.2, 0.25) is 0 Å². The molecule has 3 nitrogen and oxygen atoms in total. The molecule has 0 aliphatic carbocycles. The van der Waals surface area contributed by atoms with Gasteiger partial charge in [-0.2, -0.15) is 0 Å². The Labute approximate surface area is 113 Å². The molecule has 4 heteroatoms. The molecule has 1 atom stereocenters. The van der Waals surface area contributed by atoms with Crippen LogP contribution in [0.5, 0.6) is 5.75 Å². The van der Waals surface area contributed by atoms with Crippen LogP contribution in [0.25, 0.3) is 0 Å². The van der Waals surface area contributed by atoms with E-state index in [2.05, 4.69) is 6.92 Å². The second-order valence-corrected chi connectivity index (χ2v) is 5.35. The van der Waals surface area contributed by atoms with Gasteiger partial charge < -0.3 is 14.3 Å². The van der Waals surface area contributed by atoms with Crippen LogP contribution in [0.15, 0.2) is 23.1 Å². The third-order valence-electron chi connectivity index (χ3n) is 2.60. The average molecular weight is 268 g/mol. The summed E-state index contributed by atoms with van der Waals surface area (Å²) >= 11 is 1.69. The van der Waals surface area contributed by atoms with Crippen molar-refractivity contribution in [2.24, 2.45) is 0 Å². The summed E-state index contributed by atoms with van der Waals surface area (Å²) in [5.41, 5.74) is 1.08. The molecular formula is C14H20O3S.